The zero-order valence-electron chi connectivity index (χ0n) is 12.1. The molecule has 120 valence electrons. The van der Waals surface area contributed by atoms with Crippen LogP contribution in [0.5, 0.6) is 0 Å². The van der Waals surface area contributed by atoms with Crippen molar-refractivity contribution < 1.29 is 9.59 Å². The van der Waals surface area contributed by atoms with Crippen LogP contribution in [0.3, 0.4) is 0 Å². The number of nitrogens with one attached hydrogen (secondary N) is 1. The van der Waals surface area contributed by atoms with E-state index in [4.69, 9.17) is 23.2 Å². The predicted octanol–water partition coefficient (Wildman–Crippen LogP) is 3.68. The highest BCUT2D eigenvalue weighted by molar-refractivity contribution is 8.00. The summed E-state index contributed by atoms with van der Waals surface area (Å²) >= 11 is 13.0. The Balaban J connectivity index is 1.71. The minimum absolute atomic E-state index is 0.118. The van der Waals surface area contributed by atoms with Crippen molar-refractivity contribution in [3.63, 3.8) is 0 Å². The maximum absolute atomic E-state index is 12.0. The average molecular weight is 361 g/mol. The summed E-state index contributed by atoms with van der Waals surface area (Å²) in [4.78, 5) is 25.7. The van der Waals surface area contributed by atoms with Crippen molar-refractivity contribution in [1.82, 2.24) is 4.90 Å². The Morgan fingerprint density at radius 1 is 1.09 bits per heavy atom. The first kappa shape index (κ1) is 17.4. The summed E-state index contributed by atoms with van der Waals surface area (Å²) < 4.78 is 0. The number of halogens is 2. The second-order valence-electron chi connectivity index (χ2n) is 5.11. The van der Waals surface area contributed by atoms with Gasteiger partial charge in [0.05, 0.1) is 21.6 Å². The molecule has 1 N–H and O–H groups in total. The number of rotatable bonds is 5. The fraction of sp³-hybridized carbons (Fsp3) is 0.467. The highest BCUT2D eigenvalue weighted by atomic mass is 35.5. The fourth-order valence-electron chi connectivity index (χ4n) is 2.24. The van der Waals surface area contributed by atoms with Crippen molar-refractivity contribution in [2.24, 2.45) is 0 Å². The second-order valence-corrected chi connectivity index (χ2v) is 6.91. The molecule has 1 aliphatic heterocycles. The van der Waals surface area contributed by atoms with Crippen LogP contribution >= 0.6 is 35.0 Å². The molecule has 2 rings (SSSR count). The first-order chi connectivity index (χ1) is 10.6. The van der Waals surface area contributed by atoms with Gasteiger partial charge in [-0.2, -0.15) is 0 Å². The lowest BCUT2D eigenvalue weighted by Crippen LogP contribution is -2.37. The molecule has 0 aromatic heterocycles. The number of hydrogen-bond acceptors (Lipinski definition) is 3. The van der Waals surface area contributed by atoms with Gasteiger partial charge in [0.1, 0.15) is 0 Å². The number of carbonyl (C=O) groups is 2. The van der Waals surface area contributed by atoms with Gasteiger partial charge >= 0.3 is 0 Å². The lowest BCUT2D eigenvalue weighted by Gasteiger charge is -2.26. The molecule has 7 heteroatoms. The number of likely N-dealkylation sites (tertiary alicyclic amines) is 1. The third kappa shape index (κ3) is 5.38. The molecule has 0 aliphatic carbocycles. The van der Waals surface area contributed by atoms with Crippen molar-refractivity contribution in [2.75, 3.05) is 29.9 Å². The van der Waals surface area contributed by atoms with Gasteiger partial charge in [0, 0.05) is 18.8 Å². The van der Waals surface area contributed by atoms with E-state index in [9.17, 15) is 9.59 Å². The molecule has 1 heterocycles. The Morgan fingerprint density at radius 2 is 1.82 bits per heavy atom. The second kappa shape index (κ2) is 8.65. The van der Waals surface area contributed by atoms with Gasteiger partial charge in [-0.15, -0.1) is 11.8 Å². The summed E-state index contributed by atoms with van der Waals surface area (Å²) in [7, 11) is 0. The highest BCUT2D eigenvalue weighted by Crippen LogP contribution is 2.25. The molecule has 1 saturated heterocycles. The van der Waals surface area contributed by atoms with Crippen LogP contribution < -0.4 is 5.32 Å². The van der Waals surface area contributed by atoms with Crippen molar-refractivity contribution in [1.29, 1.82) is 0 Å². The highest BCUT2D eigenvalue weighted by Gasteiger charge is 2.16. The van der Waals surface area contributed by atoms with E-state index >= 15 is 0 Å². The average Bonchev–Trinajstić information content (AvgIpc) is 2.51. The Morgan fingerprint density at radius 3 is 2.50 bits per heavy atom. The van der Waals surface area contributed by atoms with E-state index in [1.54, 1.807) is 18.2 Å². The Kier molecular flexibility index (Phi) is 6.86. The van der Waals surface area contributed by atoms with E-state index < -0.39 is 0 Å². The van der Waals surface area contributed by atoms with E-state index in [0.717, 1.165) is 25.9 Å². The predicted molar refractivity (Wildman–Crippen MR) is 92.8 cm³/mol. The molecule has 0 bridgehead atoms. The summed E-state index contributed by atoms with van der Waals surface area (Å²) in [6.45, 7) is 1.68. The van der Waals surface area contributed by atoms with Crippen LogP contribution in [0.25, 0.3) is 0 Å². The molecule has 1 fully saturated rings. The van der Waals surface area contributed by atoms with E-state index in [-0.39, 0.29) is 17.6 Å². The zero-order chi connectivity index (χ0) is 15.9. The van der Waals surface area contributed by atoms with Crippen LogP contribution in [0, 0.1) is 0 Å². The molecule has 0 unspecified atom stereocenters. The normalized spacial score (nSPS) is 14.7. The first-order valence-corrected chi connectivity index (χ1v) is 9.08. The Labute approximate surface area is 144 Å². The number of benzene rings is 1. The van der Waals surface area contributed by atoms with Gasteiger partial charge in [-0.1, -0.05) is 23.2 Å². The van der Waals surface area contributed by atoms with Gasteiger partial charge in [0.25, 0.3) is 0 Å². The van der Waals surface area contributed by atoms with Crippen LogP contribution in [-0.2, 0) is 9.59 Å². The van der Waals surface area contributed by atoms with Gasteiger partial charge in [-0.25, -0.2) is 0 Å². The maximum atomic E-state index is 12.0. The molecule has 22 heavy (non-hydrogen) atoms. The number of amides is 2. The minimum atomic E-state index is -0.158. The lowest BCUT2D eigenvalue weighted by atomic mass is 10.1. The molecule has 0 atom stereocenters. The van der Waals surface area contributed by atoms with Crippen LogP contribution in [0.2, 0.25) is 10.0 Å². The van der Waals surface area contributed by atoms with Crippen molar-refractivity contribution in [3.05, 3.63) is 28.2 Å². The summed E-state index contributed by atoms with van der Waals surface area (Å²) in [6, 6.07) is 4.92. The summed E-state index contributed by atoms with van der Waals surface area (Å²) in [6.07, 6.45) is 3.35. The standard InChI is InChI=1S/C15H18Cl2N2O2S/c16-12-5-4-11(8-13(12)17)18-14(20)9-22-10-15(21)19-6-2-1-3-7-19/h4-5,8H,1-3,6-7,9-10H2,(H,18,20). The molecule has 0 spiro atoms. The van der Waals surface area contributed by atoms with Gasteiger partial charge < -0.3 is 10.2 Å². The Hall–Kier alpha value is -0.910. The molecule has 4 nitrogen and oxygen atoms in total. The monoisotopic (exact) mass is 360 g/mol. The quantitative estimate of drug-likeness (QED) is 0.871. The van der Waals surface area contributed by atoms with Crippen molar-refractivity contribution >= 4 is 52.5 Å². The molecule has 1 aliphatic rings. The smallest absolute Gasteiger partial charge is 0.234 e. The molecule has 0 saturated carbocycles. The molecule has 0 radical (unpaired) electrons. The van der Waals surface area contributed by atoms with E-state index in [0.29, 0.717) is 21.5 Å². The lowest BCUT2D eigenvalue weighted by molar-refractivity contribution is -0.129. The van der Waals surface area contributed by atoms with Gasteiger partial charge in [0.2, 0.25) is 11.8 Å². The number of nitrogens with zero attached hydrogens (tertiary/aromatic N) is 1. The summed E-state index contributed by atoms with van der Waals surface area (Å²) in [5, 5.41) is 3.58. The van der Waals surface area contributed by atoms with E-state index in [1.165, 1.54) is 18.2 Å². The molecule has 1 aromatic carbocycles. The van der Waals surface area contributed by atoms with Crippen LogP contribution in [0.4, 0.5) is 5.69 Å². The number of hydrogen-bond donors (Lipinski definition) is 1. The van der Waals surface area contributed by atoms with Gasteiger partial charge in [-0.05, 0) is 37.5 Å². The third-order valence-electron chi connectivity index (χ3n) is 3.37. The van der Waals surface area contributed by atoms with E-state index in [1.807, 2.05) is 4.90 Å². The number of carbonyl (C=O) groups excluding carboxylic acids is 2. The third-order valence-corrected chi connectivity index (χ3v) is 5.03. The maximum Gasteiger partial charge on any atom is 0.234 e. The Bertz CT molecular complexity index is 548. The SMILES string of the molecule is O=C(CSCC(=O)N1CCCCC1)Nc1ccc(Cl)c(Cl)c1. The zero-order valence-corrected chi connectivity index (χ0v) is 14.4. The van der Waals surface area contributed by atoms with Crippen LogP contribution in [0.1, 0.15) is 19.3 Å². The van der Waals surface area contributed by atoms with Gasteiger partial charge in [-0.3, -0.25) is 9.59 Å². The molecular formula is C15H18Cl2N2O2S. The van der Waals surface area contributed by atoms with Gasteiger partial charge in [0.15, 0.2) is 0 Å². The van der Waals surface area contributed by atoms with Crippen molar-refractivity contribution in [3.8, 4) is 0 Å². The summed E-state index contributed by atoms with van der Waals surface area (Å²) in [5.74, 6) is 0.538. The van der Waals surface area contributed by atoms with Crippen LogP contribution in [-0.4, -0.2) is 41.3 Å². The fourth-order valence-corrected chi connectivity index (χ4v) is 3.25. The molecular weight excluding hydrogens is 343 g/mol. The number of piperidine rings is 1. The number of thioether (sulfide) groups is 1. The first-order valence-electron chi connectivity index (χ1n) is 7.16. The summed E-state index contributed by atoms with van der Waals surface area (Å²) in [5.41, 5.74) is 0.599. The molecule has 1 aromatic rings. The number of anilines is 1. The largest absolute Gasteiger partial charge is 0.342 e. The van der Waals surface area contributed by atoms with E-state index in [2.05, 4.69) is 5.32 Å². The topological polar surface area (TPSA) is 49.4 Å². The minimum Gasteiger partial charge on any atom is -0.342 e. The van der Waals surface area contributed by atoms with Crippen LogP contribution in [0.15, 0.2) is 18.2 Å². The molecule has 2 amide bonds. The van der Waals surface area contributed by atoms with Crippen molar-refractivity contribution in [2.45, 2.75) is 19.3 Å².